The summed E-state index contributed by atoms with van der Waals surface area (Å²) in [7, 11) is 1.69. The van der Waals surface area contributed by atoms with Crippen molar-refractivity contribution in [3.05, 3.63) is 35.9 Å². The van der Waals surface area contributed by atoms with Crippen LogP contribution in [0.15, 0.2) is 30.3 Å². The van der Waals surface area contributed by atoms with Gasteiger partial charge in [0, 0.05) is 32.7 Å². The van der Waals surface area contributed by atoms with Gasteiger partial charge in [0.25, 0.3) is 0 Å². The van der Waals surface area contributed by atoms with Crippen LogP contribution in [0, 0.1) is 5.41 Å². The number of ether oxygens (including phenoxy) is 1. The van der Waals surface area contributed by atoms with E-state index in [1.54, 1.807) is 7.11 Å². The van der Waals surface area contributed by atoms with Crippen LogP contribution in [0.5, 0.6) is 0 Å². The van der Waals surface area contributed by atoms with Gasteiger partial charge in [0.2, 0.25) is 5.91 Å². The molecule has 0 saturated carbocycles. The van der Waals surface area contributed by atoms with E-state index in [1.807, 2.05) is 30.3 Å². The van der Waals surface area contributed by atoms with Crippen molar-refractivity contribution in [3.8, 4) is 0 Å². The van der Waals surface area contributed by atoms with Crippen LogP contribution in [0.3, 0.4) is 0 Å². The zero-order valence-electron chi connectivity index (χ0n) is 12.7. The van der Waals surface area contributed by atoms with Gasteiger partial charge in [-0.15, -0.1) is 0 Å². The molecule has 20 heavy (non-hydrogen) atoms. The third-order valence-corrected chi connectivity index (χ3v) is 3.38. The van der Waals surface area contributed by atoms with E-state index in [-0.39, 0.29) is 17.4 Å². The molecule has 0 radical (unpaired) electrons. The van der Waals surface area contributed by atoms with E-state index in [0.29, 0.717) is 19.6 Å². The van der Waals surface area contributed by atoms with Gasteiger partial charge in [-0.3, -0.25) is 4.79 Å². The van der Waals surface area contributed by atoms with Crippen molar-refractivity contribution in [2.45, 2.75) is 32.7 Å². The summed E-state index contributed by atoms with van der Waals surface area (Å²) >= 11 is 0. The highest BCUT2D eigenvalue weighted by Crippen LogP contribution is 2.19. The van der Waals surface area contributed by atoms with Crippen LogP contribution in [0.25, 0.3) is 0 Å². The molecule has 1 atom stereocenters. The fraction of sp³-hybridized carbons (Fsp3) is 0.562. The van der Waals surface area contributed by atoms with Crippen molar-refractivity contribution in [2.24, 2.45) is 11.1 Å². The lowest BCUT2D eigenvalue weighted by molar-refractivity contribution is -0.121. The van der Waals surface area contributed by atoms with Crippen molar-refractivity contribution in [3.63, 3.8) is 0 Å². The molecule has 3 N–H and O–H groups in total. The lowest BCUT2D eigenvalue weighted by atomic mass is 9.89. The Balaban J connectivity index is 2.37. The van der Waals surface area contributed by atoms with Crippen LogP contribution in [-0.2, 0) is 9.53 Å². The summed E-state index contributed by atoms with van der Waals surface area (Å²) in [6.45, 7) is 5.57. The second-order valence-electron chi connectivity index (χ2n) is 5.91. The molecule has 0 heterocycles. The van der Waals surface area contributed by atoms with Crippen molar-refractivity contribution in [2.75, 3.05) is 20.3 Å². The lowest BCUT2D eigenvalue weighted by Gasteiger charge is -2.25. The number of hydrogen-bond donors (Lipinski definition) is 2. The van der Waals surface area contributed by atoms with Crippen molar-refractivity contribution in [1.29, 1.82) is 0 Å². The number of rotatable bonds is 8. The molecule has 1 aromatic rings. The monoisotopic (exact) mass is 278 g/mol. The molecular formula is C16H26N2O2. The van der Waals surface area contributed by atoms with Crippen molar-refractivity contribution >= 4 is 5.91 Å². The molecule has 112 valence electrons. The molecule has 1 aromatic carbocycles. The van der Waals surface area contributed by atoms with E-state index in [0.717, 1.165) is 12.0 Å². The number of carbonyl (C=O) groups is 1. The van der Waals surface area contributed by atoms with Gasteiger partial charge in [0.05, 0.1) is 0 Å². The Hall–Kier alpha value is -1.39. The van der Waals surface area contributed by atoms with Crippen LogP contribution in [0.2, 0.25) is 0 Å². The fourth-order valence-electron chi connectivity index (χ4n) is 1.89. The van der Waals surface area contributed by atoms with Gasteiger partial charge in [0.1, 0.15) is 0 Å². The van der Waals surface area contributed by atoms with Gasteiger partial charge in [-0.05, 0) is 17.4 Å². The minimum atomic E-state index is -0.252. The van der Waals surface area contributed by atoms with E-state index in [4.69, 9.17) is 10.5 Å². The predicted molar refractivity (Wildman–Crippen MR) is 81.3 cm³/mol. The SMILES string of the molecule is COCCC(C)(C)CNC(=O)CC(N)c1ccccc1. The van der Waals surface area contributed by atoms with Crippen LogP contribution in [0.4, 0.5) is 0 Å². The highest BCUT2D eigenvalue weighted by atomic mass is 16.5. The topological polar surface area (TPSA) is 64.3 Å². The average Bonchev–Trinajstić information content (AvgIpc) is 2.44. The van der Waals surface area contributed by atoms with Crippen molar-refractivity contribution < 1.29 is 9.53 Å². The summed E-state index contributed by atoms with van der Waals surface area (Å²) in [6, 6.07) is 9.44. The number of carbonyl (C=O) groups excluding carboxylic acids is 1. The normalized spacial score (nSPS) is 13.0. The van der Waals surface area contributed by atoms with E-state index in [2.05, 4.69) is 19.2 Å². The van der Waals surface area contributed by atoms with E-state index >= 15 is 0 Å². The number of methoxy groups -OCH3 is 1. The first-order chi connectivity index (χ1) is 9.44. The zero-order chi connectivity index (χ0) is 15.0. The Morgan fingerprint density at radius 1 is 1.35 bits per heavy atom. The van der Waals surface area contributed by atoms with Crippen LogP contribution < -0.4 is 11.1 Å². The fourth-order valence-corrected chi connectivity index (χ4v) is 1.89. The minimum Gasteiger partial charge on any atom is -0.385 e. The highest BCUT2D eigenvalue weighted by Gasteiger charge is 2.19. The Kier molecular flexibility index (Phi) is 6.68. The molecule has 1 amide bonds. The lowest BCUT2D eigenvalue weighted by Crippen LogP contribution is -2.36. The Morgan fingerprint density at radius 2 is 2.00 bits per heavy atom. The first-order valence-electron chi connectivity index (χ1n) is 7.01. The van der Waals surface area contributed by atoms with Gasteiger partial charge in [-0.1, -0.05) is 44.2 Å². The molecule has 0 aromatic heterocycles. The molecule has 0 aliphatic rings. The Labute approximate surface area is 121 Å². The number of nitrogens with two attached hydrogens (primary N) is 1. The summed E-state index contributed by atoms with van der Waals surface area (Å²) in [6.07, 6.45) is 1.22. The van der Waals surface area contributed by atoms with Gasteiger partial charge >= 0.3 is 0 Å². The smallest absolute Gasteiger partial charge is 0.221 e. The molecule has 0 aliphatic heterocycles. The number of benzene rings is 1. The van der Waals surface area contributed by atoms with Crippen LogP contribution in [-0.4, -0.2) is 26.2 Å². The first-order valence-corrected chi connectivity index (χ1v) is 7.01. The first kappa shape index (κ1) is 16.7. The van der Waals surface area contributed by atoms with Gasteiger partial charge in [0.15, 0.2) is 0 Å². The van der Waals surface area contributed by atoms with E-state index in [9.17, 15) is 4.79 Å². The van der Waals surface area contributed by atoms with Crippen molar-refractivity contribution in [1.82, 2.24) is 5.32 Å². The summed E-state index contributed by atoms with van der Waals surface area (Å²) in [4.78, 5) is 11.9. The predicted octanol–water partition coefficient (Wildman–Crippen LogP) is 2.26. The van der Waals surface area contributed by atoms with E-state index in [1.165, 1.54) is 0 Å². The third kappa shape index (κ3) is 6.17. The quantitative estimate of drug-likeness (QED) is 0.766. The number of hydrogen-bond acceptors (Lipinski definition) is 3. The van der Waals surface area contributed by atoms with Gasteiger partial charge in [-0.25, -0.2) is 0 Å². The molecule has 1 rings (SSSR count). The second kappa shape index (κ2) is 8.02. The van der Waals surface area contributed by atoms with Gasteiger partial charge < -0.3 is 15.8 Å². The largest absolute Gasteiger partial charge is 0.385 e. The maximum absolute atomic E-state index is 11.9. The molecular weight excluding hydrogens is 252 g/mol. The molecule has 0 bridgehead atoms. The molecule has 0 fully saturated rings. The molecule has 1 unspecified atom stereocenters. The zero-order valence-corrected chi connectivity index (χ0v) is 12.7. The molecule has 0 saturated heterocycles. The maximum atomic E-state index is 11.9. The van der Waals surface area contributed by atoms with Crippen LogP contribution in [0.1, 0.15) is 38.3 Å². The summed E-state index contributed by atoms with van der Waals surface area (Å²) in [5.74, 6) is -0.00755. The summed E-state index contributed by atoms with van der Waals surface area (Å²) in [5.41, 5.74) is 7.05. The standard InChI is InChI=1S/C16H26N2O2/c1-16(2,9-10-20-3)12-18-15(19)11-14(17)13-7-5-4-6-8-13/h4-8,14H,9-12,17H2,1-3H3,(H,18,19). The second-order valence-corrected chi connectivity index (χ2v) is 5.91. The highest BCUT2D eigenvalue weighted by molar-refractivity contribution is 5.76. The summed E-state index contributed by atoms with van der Waals surface area (Å²) < 4.78 is 5.07. The molecule has 0 spiro atoms. The molecule has 0 aliphatic carbocycles. The number of nitrogens with one attached hydrogen (secondary N) is 1. The molecule has 4 heteroatoms. The maximum Gasteiger partial charge on any atom is 0.221 e. The van der Waals surface area contributed by atoms with Gasteiger partial charge in [-0.2, -0.15) is 0 Å². The molecule has 4 nitrogen and oxygen atoms in total. The van der Waals surface area contributed by atoms with Crippen LogP contribution >= 0.6 is 0 Å². The minimum absolute atomic E-state index is 0.00755. The summed E-state index contributed by atoms with van der Waals surface area (Å²) in [5, 5.41) is 2.96. The van der Waals surface area contributed by atoms with E-state index < -0.39 is 0 Å². The average molecular weight is 278 g/mol. The number of amides is 1. The Morgan fingerprint density at radius 3 is 2.60 bits per heavy atom. The third-order valence-electron chi connectivity index (χ3n) is 3.38. The Bertz CT molecular complexity index is 404.